The van der Waals surface area contributed by atoms with E-state index in [1.165, 1.54) is 0 Å². The minimum Gasteiger partial charge on any atom is -0.459 e. The molecule has 0 aromatic rings. The van der Waals surface area contributed by atoms with Crippen LogP contribution in [0, 0.1) is 11.8 Å². The normalized spacial score (nSPS) is 26.3. The number of morpholine rings is 1. The largest absolute Gasteiger partial charge is 0.459 e. The first-order chi connectivity index (χ1) is 10.8. The quantitative estimate of drug-likeness (QED) is 0.743. The van der Waals surface area contributed by atoms with Crippen molar-refractivity contribution in [1.29, 1.82) is 0 Å². The first-order valence-corrected chi connectivity index (χ1v) is 8.93. The molecule has 2 heterocycles. The summed E-state index contributed by atoms with van der Waals surface area (Å²) in [7, 11) is 0. The molecule has 0 saturated carbocycles. The molecule has 2 aliphatic heterocycles. The zero-order valence-corrected chi connectivity index (χ0v) is 15.3. The van der Waals surface area contributed by atoms with E-state index >= 15 is 0 Å². The molecule has 0 aromatic carbocycles. The van der Waals surface area contributed by atoms with E-state index in [1.54, 1.807) is 0 Å². The van der Waals surface area contributed by atoms with Gasteiger partial charge in [0, 0.05) is 25.8 Å². The van der Waals surface area contributed by atoms with Gasteiger partial charge in [0.25, 0.3) is 0 Å². The van der Waals surface area contributed by atoms with Gasteiger partial charge in [-0.1, -0.05) is 13.8 Å². The Hall–Kier alpha value is -0.650. The molecule has 2 fully saturated rings. The van der Waals surface area contributed by atoms with Gasteiger partial charge in [-0.3, -0.25) is 9.69 Å². The fraction of sp³-hybridized carbons (Fsp3) is 0.944. The standard InChI is InChI=1S/C18H33NO4/c1-13(2)16(17(20)23-18(3,4)5)19-8-11-22-12-15(19)14-6-9-21-10-7-14/h13-16H,6-12H2,1-5H3/t15-,16+/m1/s1. The Labute approximate surface area is 140 Å². The smallest absolute Gasteiger partial charge is 0.324 e. The molecule has 0 spiro atoms. The van der Waals surface area contributed by atoms with Gasteiger partial charge in [-0.2, -0.15) is 0 Å². The highest BCUT2D eigenvalue weighted by Crippen LogP contribution is 2.29. The first-order valence-electron chi connectivity index (χ1n) is 8.93. The predicted molar refractivity (Wildman–Crippen MR) is 89.3 cm³/mol. The Bertz CT molecular complexity index is 385. The van der Waals surface area contributed by atoms with Gasteiger partial charge in [0.1, 0.15) is 11.6 Å². The van der Waals surface area contributed by atoms with Gasteiger partial charge in [-0.15, -0.1) is 0 Å². The van der Waals surface area contributed by atoms with Crippen LogP contribution in [0.3, 0.4) is 0 Å². The van der Waals surface area contributed by atoms with E-state index in [9.17, 15) is 4.79 Å². The lowest BCUT2D eigenvalue weighted by atomic mass is 9.88. The monoisotopic (exact) mass is 327 g/mol. The zero-order valence-electron chi connectivity index (χ0n) is 15.3. The summed E-state index contributed by atoms with van der Waals surface area (Å²) >= 11 is 0. The summed E-state index contributed by atoms with van der Waals surface area (Å²) in [6.45, 7) is 13.8. The molecule has 2 rings (SSSR count). The SMILES string of the molecule is CC(C)[C@@H](C(=O)OC(C)(C)C)N1CCOC[C@@H]1C1CCOCC1. The molecule has 0 amide bonds. The van der Waals surface area contributed by atoms with Gasteiger partial charge < -0.3 is 14.2 Å². The summed E-state index contributed by atoms with van der Waals surface area (Å²) in [5.41, 5.74) is -0.454. The first kappa shape index (κ1) is 18.7. The van der Waals surface area contributed by atoms with E-state index in [-0.39, 0.29) is 24.0 Å². The van der Waals surface area contributed by atoms with E-state index in [0.717, 1.165) is 32.6 Å². The number of hydrogen-bond acceptors (Lipinski definition) is 5. The molecule has 0 radical (unpaired) electrons. The van der Waals surface area contributed by atoms with Crippen LogP contribution in [0.5, 0.6) is 0 Å². The predicted octanol–water partition coefficient (Wildman–Crippen LogP) is 2.48. The summed E-state index contributed by atoms with van der Waals surface area (Å²) < 4.78 is 16.9. The van der Waals surface area contributed by atoms with Crippen molar-refractivity contribution in [2.75, 3.05) is 33.0 Å². The fourth-order valence-electron chi connectivity index (χ4n) is 3.64. The Morgan fingerprint density at radius 3 is 2.35 bits per heavy atom. The molecule has 23 heavy (non-hydrogen) atoms. The number of carbonyl (C=O) groups excluding carboxylic acids is 1. The van der Waals surface area contributed by atoms with Gasteiger partial charge in [0.15, 0.2) is 0 Å². The van der Waals surface area contributed by atoms with Crippen LogP contribution in [-0.4, -0.2) is 61.5 Å². The Morgan fingerprint density at radius 1 is 1.13 bits per heavy atom. The van der Waals surface area contributed by atoms with Gasteiger partial charge in [0.2, 0.25) is 0 Å². The number of rotatable bonds is 4. The van der Waals surface area contributed by atoms with Crippen LogP contribution >= 0.6 is 0 Å². The molecule has 0 aromatic heterocycles. The third kappa shape index (κ3) is 5.16. The van der Waals surface area contributed by atoms with E-state index in [4.69, 9.17) is 14.2 Å². The number of esters is 1. The Kier molecular flexibility index (Phi) is 6.46. The average Bonchev–Trinajstić information content (AvgIpc) is 2.46. The van der Waals surface area contributed by atoms with Crippen molar-refractivity contribution >= 4 is 5.97 Å². The summed E-state index contributed by atoms with van der Waals surface area (Å²) in [5, 5.41) is 0. The maximum atomic E-state index is 12.8. The van der Waals surface area contributed by atoms with Crippen LogP contribution in [0.2, 0.25) is 0 Å². The molecule has 0 unspecified atom stereocenters. The van der Waals surface area contributed by atoms with E-state index in [0.29, 0.717) is 19.1 Å². The molecule has 5 heteroatoms. The van der Waals surface area contributed by atoms with Crippen LogP contribution in [-0.2, 0) is 19.0 Å². The third-order valence-electron chi connectivity index (χ3n) is 4.66. The summed E-state index contributed by atoms with van der Waals surface area (Å²) in [5.74, 6) is 0.643. The highest BCUT2D eigenvalue weighted by Gasteiger charge is 2.41. The van der Waals surface area contributed by atoms with Gasteiger partial charge >= 0.3 is 5.97 Å². The number of nitrogens with zero attached hydrogens (tertiary/aromatic N) is 1. The zero-order chi connectivity index (χ0) is 17.0. The number of hydrogen-bond donors (Lipinski definition) is 0. The van der Waals surface area contributed by atoms with E-state index < -0.39 is 5.60 Å². The van der Waals surface area contributed by atoms with Crippen molar-refractivity contribution in [3.8, 4) is 0 Å². The van der Waals surface area contributed by atoms with E-state index in [1.807, 2.05) is 20.8 Å². The Morgan fingerprint density at radius 2 is 1.78 bits per heavy atom. The van der Waals surface area contributed by atoms with Crippen molar-refractivity contribution < 1.29 is 19.0 Å². The third-order valence-corrected chi connectivity index (χ3v) is 4.66. The van der Waals surface area contributed by atoms with Crippen molar-refractivity contribution in [2.45, 2.75) is 65.1 Å². The minimum absolute atomic E-state index is 0.105. The van der Waals surface area contributed by atoms with Crippen LogP contribution in [0.4, 0.5) is 0 Å². The molecule has 0 aliphatic carbocycles. The maximum Gasteiger partial charge on any atom is 0.324 e. The van der Waals surface area contributed by atoms with Gasteiger partial charge in [0.05, 0.1) is 13.2 Å². The van der Waals surface area contributed by atoms with Gasteiger partial charge in [-0.25, -0.2) is 0 Å². The van der Waals surface area contributed by atoms with Crippen LogP contribution < -0.4 is 0 Å². The molecular formula is C18H33NO4. The molecule has 5 nitrogen and oxygen atoms in total. The van der Waals surface area contributed by atoms with Crippen molar-refractivity contribution in [1.82, 2.24) is 4.90 Å². The van der Waals surface area contributed by atoms with Crippen molar-refractivity contribution in [3.63, 3.8) is 0 Å². The number of carbonyl (C=O) groups is 1. The van der Waals surface area contributed by atoms with Crippen LogP contribution in [0.1, 0.15) is 47.5 Å². The van der Waals surface area contributed by atoms with Crippen molar-refractivity contribution in [3.05, 3.63) is 0 Å². The average molecular weight is 327 g/mol. The lowest BCUT2D eigenvalue weighted by Gasteiger charge is -2.46. The Balaban J connectivity index is 2.15. The summed E-state index contributed by atoms with van der Waals surface area (Å²) in [4.78, 5) is 15.1. The molecular weight excluding hydrogens is 294 g/mol. The lowest BCUT2D eigenvalue weighted by molar-refractivity contribution is -0.169. The lowest BCUT2D eigenvalue weighted by Crippen LogP contribution is -2.59. The molecule has 0 N–H and O–H groups in total. The van der Waals surface area contributed by atoms with E-state index in [2.05, 4.69) is 18.7 Å². The minimum atomic E-state index is -0.454. The molecule has 2 aliphatic rings. The fourth-order valence-corrected chi connectivity index (χ4v) is 3.64. The van der Waals surface area contributed by atoms with Crippen LogP contribution in [0.15, 0.2) is 0 Å². The number of ether oxygens (including phenoxy) is 3. The highest BCUT2D eigenvalue weighted by atomic mass is 16.6. The molecule has 0 bridgehead atoms. The summed E-state index contributed by atoms with van der Waals surface area (Å²) in [6.07, 6.45) is 2.09. The highest BCUT2D eigenvalue weighted by molar-refractivity contribution is 5.76. The topological polar surface area (TPSA) is 48.0 Å². The van der Waals surface area contributed by atoms with Gasteiger partial charge in [-0.05, 0) is 45.4 Å². The molecule has 2 atom stereocenters. The van der Waals surface area contributed by atoms with Crippen LogP contribution in [0.25, 0.3) is 0 Å². The maximum absolute atomic E-state index is 12.8. The second kappa shape index (κ2) is 7.95. The molecule has 134 valence electrons. The summed E-state index contributed by atoms with van der Waals surface area (Å²) in [6, 6.07) is 0.0820. The second-order valence-corrected chi connectivity index (χ2v) is 8.05. The second-order valence-electron chi connectivity index (χ2n) is 8.05. The molecule has 2 saturated heterocycles. The van der Waals surface area contributed by atoms with Crippen molar-refractivity contribution in [2.24, 2.45) is 11.8 Å².